The van der Waals surface area contributed by atoms with Crippen molar-refractivity contribution in [1.82, 2.24) is 16.0 Å². The van der Waals surface area contributed by atoms with Crippen molar-refractivity contribution in [2.45, 2.75) is 173 Å². The molecular formula is C44H81N3O18. The molecule has 3 aliphatic heterocycles. The van der Waals surface area contributed by atoms with Crippen LogP contribution in [0.4, 0.5) is 0 Å². The lowest BCUT2D eigenvalue weighted by Gasteiger charge is -2.40. The van der Waals surface area contributed by atoms with Gasteiger partial charge in [0.1, 0.15) is 36.6 Å². The second kappa shape index (κ2) is 29.0. The van der Waals surface area contributed by atoms with E-state index in [1.54, 1.807) is 20.8 Å². The monoisotopic (exact) mass is 940 g/mol. The van der Waals surface area contributed by atoms with Crippen molar-refractivity contribution in [2.24, 2.45) is 29.1 Å². The Kier molecular flexibility index (Phi) is 25.5. The lowest BCUT2D eigenvalue weighted by Crippen LogP contribution is -2.55. The molecule has 0 bridgehead atoms. The molecule has 3 amide bonds. The molecule has 15 atom stereocenters. The molecule has 3 aliphatic rings. The van der Waals surface area contributed by atoms with Crippen LogP contribution in [-0.2, 0) is 42.8 Å². The maximum Gasteiger partial charge on any atom is 0.220 e. The van der Waals surface area contributed by atoms with E-state index in [0.29, 0.717) is 44.9 Å². The summed E-state index contributed by atoms with van der Waals surface area (Å²) in [6.45, 7) is 9.10. The van der Waals surface area contributed by atoms with Crippen LogP contribution in [0.1, 0.15) is 98.8 Å². The van der Waals surface area contributed by atoms with E-state index < -0.39 is 117 Å². The van der Waals surface area contributed by atoms with Crippen molar-refractivity contribution < 1.29 is 88.8 Å². The van der Waals surface area contributed by atoms with Crippen LogP contribution >= 0.6 is 0 Å². The van der Waals surface area contributed by atoms with E-state index in [0.717, 1.165) is 0 Å². The molecule has 3 rings (SSSR count). The van der Waals surface area contributed by atoms with Gasteiger partial charge in [-0.15, -0.1) is 0 Å². The highest BCUT2D eigenvalue weighted by Gasteiger charge is 2.44. The highest BCUT2D eigenvalue weighted by molar-refractivity contribution is 5.77. The molecule has 12 N–H and O–H groups in total. The Morgan fingerprint density at radius 1 is 0.508 bits per heavy atom. The number of aliphatic hydroxyl groups is 9. The molecule has 0 spiro atoms. The van der Waals surface area contributed by atoms with Gasteiger partial charge >= 0.3 is 0 Å². The summed E-state index contributed by atoms with van der Waals surface area (Å²) in [6, 6.07) is 0. The fourth-order valence-electron chi connectivity index (χ4n) is 8.68. The Labute approximate surface area is 382 Å². The Balaban J connectivity index is 1.52. The molecule has 6 unspecified atom stereocenters. The van der Waals surface area contributed by atoms with E-state index in [-0.39, 0.29) is 82.4 Å². The summed E-state index contributed by atoms with van der Waals surface area (Å²) >= 11 is 0. The standard InChI is InChI=1S/C44H81N3O18/c1-25(2)21-44(12-9-32(51)45-15-6-18-60-41-26(3)35(54)38(57)29(22-48)63-41,13-10-33(52)46-16-7-19-61-42-27(4)36(55)39(58)30(23-49)64-42)14-11-34(53)47-17-8-20-62-43-28(5)37(56)40(59)31(24-50)65-43/h25-31,35-43,48-50,54-59H,6-24H2,1-5H3,(H,45,51)(H,46,52)(H,47,53)/t26?,27?,28?,29?,30?,31?,35-,36-,37-,38+,39+,40+,41-,42-,43-,44?/m1/s1. The number of ether oxygens (including phenoxy) is 6. The summed E-state index contributed by atoms with van der Waals surface area (Å²) in [6.07, 6.45) is -8.94. The topological polar surface area (TPSA) is 325 Å². The fourth-order valence-corrected chi connectivity index (χ4v) is 8.68. The number of nitrogens with one attached hydrogen (secondary N) is 3. The van der Waals surface area contributed by atoms with Crippen molar-refractivity contribution in [3.05, 3.63) is 0 Å². The third-order valence-corrected chi connectivity index (χ3v) is 12.8. The summed E-state index contributed by atoms with van der Waals surface area (Å²) in [7, 11) is 0. The first-order chi connectivity index (χ1) is 30.9. The van der Waals surface area contributed by atoms with E-state index in [1.165, 1.54) is 0 Å². The highest BCUT2D eigenvalue weighted by Crippen LogP contribution is 2.41. The smallest absolute Gasteiger partial charge is 0.220 e. The molecule has 65 heavy (non-hydrogen) atoms. The van der Waals surface area contributed by atoms with Gasteiger partial charge in [-0.25, -0.2) is 0 Å². The molecular weight excluding hydrogens is 858 g/mol. The summed E-state index contributed by atoms with van der Waals surface area (Å²) in [5.74, 6) is -2.07. The van der Waals surface area contributed by atoms with E-state index in [4.69, 9.17) is 28.4 Å². The molecule has 0 aromatic carbocycles. The minimum atomic E-state index is -1.23. The van der Waals surface area contributed by atoms with Crippen molar-refractivity contribution >= 4 is 17.7 Å². The SMILES string of the molecule is CC(C)CC(CCC(=O)NCCCO[C@@H]1OC(CO)[C@H](O)[C@H](O)C1C)(CCC(=O)NCCCO[C@@H]1OC(CO)[C@H](O)[C@H](O)C1C)CCC(=O)NCCCO[C@@H]1OC(CO)[C@H](O)[C@H](O)C1C. The zero-order valence-corrected chi connectivity index (χ0v) is 38.9. The number of rotatable bonds is 29. The number of carbonyl (C=O) groups excluding carboxylic acids is 3. The lowest BCUT2D eigenvalue weighted by molar-refractivity contribution is -0.282. The van der Waals surface area contributed by atoms with Gasteiger partial charge in [-0.05, 0) is 56.3 Å². The van der Waals surface area contributed by atoms with Crippen LogP contribution in [0.15, 0.2) is 0 Å². The van der Waals surface area contributed by atoms with Gasteiger partial charge in [0.05, 0.1) is 58.0 Å². The molecule has 0 radical (unpaired) electrons. The first kappa shape index (κ1) is 57.1. The number of carbonyl (C=O) groups is 3. The number of hydrogen-bond donors (Lipinski definition) is 12. The van der Waals surface area contributed by atoms with E-state index in [9.17, 15) is 60.3 Å². The minimum absolute atomic E-state index is 0.144. The normalized spacial score (nSPS) is 33.9. The largest absolute Gasteiger partial charge is 0.394 e. The third kappa shape index (κ3) is 18.0. The molecule has 3 fully saturated rings. The Morgan fingerprint density at radius 3 is 1.03 bits per heavy atom. The van der Waals surface area contributed by atoms with Gasteiger partial charge in [0, 0.05) is 56.7 Å². The van der Waals surface area contributed by atoms with Gasteiger partial charge in [0.15, 0.2) is 18.9 Å². The van der Waals surface area contributed by atoms with Crippen LogP contribution < -0.4 is 16.0 Å². The predicted molar refractivity (Wildman–Crippen MR) is 231 cm³/mol. The van der Waals surface area contributed by atoms with Gasteiger partial charge in [-0.3, -0.25) is 14.4 Å². The van der Waals surface area contributed by atoms with Crippen LogP contribution in [-0.4, -0.2) is 197 Å². The average Bonchev–Trinajstić information content (AvgIpc) is 3.28. The van der Waals surface area contributed by atoms with Crippen molar-refractivity contribution in [1.29, 1.82) is 0 Å². The third-order valence-electron chi connectivity index (χ3n) is 12.8. The predicted octanol–water partition coefficient (Wildman–Crippen LogP) is -1.85. The molecule has 21 heteroatoms. The average molecular weight is 940 g/mol. The Bertz CT molecular complexity index is 1230. The summed E-state index contributed by atoms with van der Waals surface area (Å²) in [5.41, 5.74) is -0.551. The fraction of sp³-hybridized carbons (Fsp3) is 0.932. The van der Waals surface area contributed by atoms with Crippen LogP contribution in [0.25, 0.3) is 0 Å². The molecule has 0 aliphatic carbocycles. The second-order valence-corrected chi connectivity index (χ2v) is 18.5. The van der Waals surface area contributed by atoms with E-state index in [2.05, 4.69) is 16.0 Å². The van der Waals surface area contributed by atoms with E-state index >= 15 is 0 Å². The zero-order valence-electron chi connectivity index (χ0n) is 38.9. The number of amides is 3. The van der Waals surface area contributed by atoms with Gasteiger partial charge in [0.2, 0.25) is 17.7 Å². The quantitative estimate of drug-likeness (QED) is 0.0367. The molecule has 0 aromatic heterocycles. The van der Waals surface area contributed by atoms with Gasteiger partial charge in [-0.1, -0.05) is 34.6 Å². The molecule has 3 saturated heterocycles. The number of aliphatic hydroxyl groups excluding tert-OH is 9. The Hall–Kier alpha value is -2.19. The van der Waals surface area contributed by atoms with Crippen molar-refractivity contribution in [3.8, 4) is 0 Å². The maximum atomic E-state index is 13.2. The van der Waals surface area contributed by atoms with Crippen molar-refractivity contribution in [3.63, 3.8) is 0 Å². The lowest BCUT2D eigenvalue weighted by atomic mass is 9.70. The molecule has 0 saturated carbocycles. The number of hydrogen-bond acceptors (Lipinski definition) is 18. The van der Waals surface area contributed by atoms with E-state index in [1.807, 2.05) is 13.8 Å². The zero-order chi connectivity index (χ0) is 48.3. The van der Waals surface area contributed by atoms with Crippen LogP contribution in [0.2, 0.25) is 0 Å². The van der Waals surface area contributed by atoms with Crippen LogP contribution in [0.5, 0.6) is 0 Å². The first-order valence-electron chi connectivity index (χ1n) is 23.4. The molecule has 3 heterocycles. The summed E-state index contributed by atoms with van der Waals surface area (Å²) in [4.78, 5) is 39.6. The van der Waals surface area contributed by atoms with Crippen molar-refractivity contribution in [2.75, 3.05) is 59.3 Å². The molecule has 21 nitrogen and oxygen atoms in total. The molecule has 0 aromatic rings. The first-order valence-corrected chi connectivity index (χ1v) is 23.4. The van der Waals surface area contributed by atoms with Gasteiger partial charge < -0.3 is 90.3 Å². The Morgan fingerprint density at radius 2 is 0.785 bits per heavy atom. The van der Waals surface area contributed by atoms with Crippen LogP contribution in [0, 0.1) is 29.1 Å². The summed E-state index contributed by atoms with van der Waals surface area (Å²) in [5, 5.41) is 98.4. The highest BCUT2D eigenvalue weighted by atomic mass is 16.7. The molecule has 380 valence electrons. The second-order valence-electron chi connectivity index (χ2n) is 18.5. The minimum Gasteiger partial charge on any atom is -0.394 e. The maximum absolute atomic E-state index is 13.2. The summed E-state index contributed by atoms with van der Waals surface area (Å²) < 4.78 is 34.1. The van der Waals surface area contributed by atoms with Gasteiger partial charge in [-0.2, -0.15) is 0 Å². The van der Waals surface area contributed by atoms with Crippen LogP contribution in [0.3, 0.4) is 0 Å². The van der Waals surface area contributed by atoms with Gasteiger partial charge in [0.25, 0.3) is 0 Å².